The Labute approximate surface area is 167 Å². The zero-order valence-corrected chi connectivity index (χ0v) is 16.4. The van der Waals surface area contributed by atoms with Crippen molar-refractivity contribution in [2.45, 2.75) is 39.1 Å². The van der Waals surface area contributed by atoms with Crippen molar-refractivity contribution in [1.29, 1.82) is 0 Å². The van der Waals surface area contributed by atoms with Gasteiger partial charge in [-0.25, -0.2) is 4.79 Å². The van der Waals surface area contributed by atoms with Gasteiger partial charge in [0.15, 0.2) is 6.61 Å². The van der Waals surface area contributed by atoms with Crippen LogP contribution in [0.4, 0.5) is 5.69 Å². The number of hydrogen-bond acceptors (Lipinski definition) is 8. The lowest BCUT2D eigenvalue weighted by Crippen LogP contribution is -2.34. The number of aliphatic hydroxyl groups is 4. The number of carbonyl (C=O) groups is 2. The second-order valence-corrected chi connectivity index (χ2v) is 6.73. The predicted molar refractivity (Wildman–Crippen MR) is 102 cm³/mol. The summed E-state index contributed by atoms with van der Waals surface area (Å²) in [4.78, 5) is 24.2. The summed E-state index contributed by atoms with van der Waals surface area (Å²) in [5, 5.41) is 40.6. The third-order valence-corrected chi connectivity index (χ3v) is 4.48. The molecule has 3 atom stereocenters. The van der Waals surface area contributed by atoms with Gasteiger partial charge in [0, 0.05) is 5.69 Å². The number of nitrogens with one attached hydrogen (secondary N) is 1. The molecule has 1 aromatic carbocycles. The first-order chi connectivity index (χ1) is 13.6. The molecular weight excluding hydrogens is 382 g/mol. The maximum absolute atomic E-state index is 12.2. The summed E-state index contributed by atoms with van der Waals surface area (Å²) < 4.78 is 10.2. The minimum Gasteiger partial charge on any atom is -0.463 e. The molecule has 0 unspecified atom stereocenters. The smallest absolute Gasteiger partial charge is 0.342 e. The van der Waals surface area contributed by atoms with Crippen LogP contribution in [0.15, 0.2) is 28.7 Å². The Balaban J connectivity index is 1.97. The first kappa shape index (κ1) is 22.6. The highest BCUT2D eigenvalue weighted by molar-refractivity contribution is 5.96. The van der Waals surface area contributed by atoms with E-state index < -0.39 is 43.4 Å². The summed E-state index contributed by atoms with van der Waals surface area (Å²) in [6.07, 6.45) is -4.96. The number of carbonyl (C=O) groups excluding carboxylic acids is 2. The molecule has 9 nitrogen and oxygen atoms in total. The molecule has 0 aliphatic rings. The third-order valence-electron chi connectivity index (χ3n) is 4.48. The van der Waals surface area contributed by atoms with Crippen molar-refractivity contribution < 1.29 is 39.2 Å². The summed E-state index contributed by atoms with van der Waals surface area (Å²) >= 11 is 0. The molecule has 0 aliphatic carbocycles. The van der Waals surface area contributed by atoms with Crippen molar-refractivity contribution in [2.75, 3.05) is 18.5 Å². The lowest BCUT2D eigenvalue weighted by molar-refractivity contribution is -0.119. The van der Waals surface area contributed by atoms with Gasteiger partial charge >= 0.3 is 5.97 Å². The van der Waals surface area contributed by atoms with Crippen molar-refractivity contribution in [2.24, 2.45) is 0 Å². The van der Waals surface area contributed by atoms with Crippen molar-refractivity contribution in [3.05, 3.63) is 52.5 Å². The van der Waals surface area contributed by atoms with Gasteiger partial charge in [0.25, 0.3) is 5.91 Å². The molecule has 1 aromatic heterocycles. The molecule has 5 N–H and O–H groups in total. The number of aryl methyl sites for hydroxylation is 3. The molecule has 29 heavy (non-hydrogen) atoms. The lowest BCUT2D eigenvalue weighted by atomic mass is 10.1. The highest BCUT2D eigenvalue weighted by Gasteiger charge is 2.30. The van der Waals surface area contributed by atoms with Crippen LogP contribution < -0.4 is 5.32 Å². The van der Waals surface area contributed by atoms with Gasteiger partial charge in [-0.1, -0.05) is 6.07 Å². The Morgan fingerprint density at radius 1 is 1.10 bits per heavy atom. The lowest BCUT2D eigenvalue weighted by Gasteiger charge is -2.19. The van der Waals surface area contributed by atoms with Gasteiger partial charge in [0.1, 0.15) is 35.4 Å². The zero-order valence-electron chi connectivity index (χ0n) is 16.4. The van der Waals surface area contributed by atoms with Crippen molar-refractivity contribution >= 4 is 17.6 Å². The topological polar surface area (TPSA) is 149 Å². The van der Waals surface area contributed by atoms with Crippen LogP contribution in [0.25, 0.3) is 0 Å². The van der Waals surface area contributed by atoms with Crippen LogP contribution in [0.1, 0.15) is 39.1 Å². The SMILES string of the molecule is Cc1ccc(NC(=O)COC(=O)c2cc([C@H](O)[C@@H](O)[C@H](O)CO)oc2C)cc1C. The standard InChI is InChI=1S/C20H25NO8/c1-10-4-5-13(6-11(10)2)21-17(24)9-28-20(27)14-7-16(29-12(14)3)19(26)18(25)15(23)8-22/h4-7,15,18-19,22-23,25-26H,8-9H2,1-3H3,(H,21,24)/t15-,18+,19+/m1/s1. The van der Waals surface area contributed by atoms with E-state index >= 15 is 0 Å². The summed E-state index contributed by atoms with van der Waals surface area (Å²) in [5.41, 5.74) is 2.63. The summed E-state index contributed by atoms with van der Waals surface area (Å²) in [6, 6.07) is 6.55. The highest BCUT2D eigenvalue weighted by atomic mass is 16.5. The van der Waals surface area contributed by atoms with Gasteiger partial charge < -0.3 is 34.9 Å². The van der Waals surface area contributed by atoms with Crippen LogP contribution >= 0.6 is 0 Å². The molecule has 0 spiro atoms. The van der Waals surface area contributed by atoms with Crippen molar-refractivity contribution in [3.63, 3.8) is 0 Å². The fraction of sp³-hybridized carbons (Fsp3) is 0.400. The van der Waals surface area contributed by atoms with Gasteiger partial charge in [-0.3, -0.25) is 4.79 Å². The molecular formula is C20H25NO8. The molecule has 2 rings (SSSR count). The number of furan rings is 1. The second kappa shape index (κ2) is 9.66. The van der Waals surface area contributed by atoms with E-state index in [-0.39, 0.29) is 17.1 Å². The van der Waals surface area contributed by atoms with E-state index in [4.69, 9.17) is 14.3 Å². The van der Waals surface area contributed by atoms with Crippen LogP contribution in [0.2, 0.25) is 0 Å². The Kier molecular flexibility index (Phi) is 7.52. The third kappa shape index (κ3) is 5.64. The van der Waals surface area contributed by atoms with Crippen molar-refractivity contribution in [1.82, 2.24) is 0 Å². The van der Waals surface area contributed by atoms with E-state index in [1.165, 1.54) is 6.92 Å². The molecule has 0 saturated carbocycles. The number of amides is 1. The van der Waals surface area contributed by atoms with Crippen LogP contribution in [0.5, 0.6) is 0 Å². The van der Waals surface area contributed by atoms with Crippen LogP contribution in [0, 0.1) is 20.8 Å². The minimum atomic E-state index is -1.71. The van der Waals surface area contributed by atoms with Gasteiger partial charge in [-0.2, -0.15) is 0 Å². The molecule has 0 radical (unpaired) electrons. The van der Waals surface area contributed by atoms with Crippen LogP contribution in [-0.2, 0) is 9.53 Å². The monoisotopic (exact) mass is 407 g/mol. The molecule has 0 fully saturated rings. The number of aliphatic hydroxyl groups excluding tert-OH is 4. The Morgan fingerprint density at radius 3 is 2.41 bits per heavy atom. The number of rotatable bonds is 8. The Morgan fingerprint density at radius 2 is 1.79 bits per heavy atom. The molecule has 1 amide bonds. The van der Waals surface area contributed by atoms with E-state index in [1.54, 1.807) is 12.1 Å². The highest BCUT2D eigenvalue weighted by Crippen LogP contribution is 2.25. The number of ether oxygens (including phenoxy) is 1. The number of hydrogen-bond donors (Lipinski definition) is 5. The maximum atomic E-state index is 12.2. The maximum Gasteiger partial charge on any atom is 0.342 e. The van der Waals surface area contributed by atoms with Crippen molar-refractivity contribution in [3.8, 4) is 0 Å². The second-order valence-electron chi connectivity index (χ2n) is 6.73. The Bertz CT molecular complexity index is 875. The summed E-state index contributed by atoms with van der Waals surface area (Å²) in [5.74, 6) is -1.46. The first-order valence-electron chi connectivity index (χ1n) is 8.93. The van der Waals surface area contributed by atoms with Gasteiger partial charge in [-0.05, 0) is 50.1 Å². The average molecular weight is 407 g/mol. The number of benzene rings is 1. The van der Waals surface area contributed by atoms with Gasteiger partial charge in [0.05, 0.1) is 6.61 Å². The first-order valence-corrected chi connectivity index (χ1v) is 8.93. The Hall–Kier alpha value is -2.72. The van der Waals surface area contributed by atoms with E-state index in [0.29, 0.717) is 5.69 Å². The average Bonchev–Trinajstić information content (AvgIpc) is 3.08. The fourth-order valence-corrected chi connectivity index (χ4v) is 2.57. The molecule has 1 heterocycles. The largest absolute Gasteiger partial charge is 0.463 e. The van der Waals surface area contributed by atoms with Gasteiger partial charge in [0.2, 0.25) is 0 Å². The number of esters is 1. The summed E-state index contributed by atoms with van der Waals surface area (Å²) in [6.45, 7) is 4.01. The fourth-order valence-electron chi connectivity index (χ4n) is 2.57. The van der Waals surface area contributed by atoms with E-state index in [1.807, 2.05) is 19.9 Å². The van der Waals surface area contributed by atoms with E-state index in [2.05, 4.69) is 5.32 Å². The molecule has 0 bridgehead atoms. The van der Waals surface area contributed by atoms with Crippen LogP contribution in [-0.4, -0.2) is 57.7 Å². The normalized spacial score (nSPS) is 14.2. The molecule has 0 saturated heterocycles. The zero-order chi connectivity index (χ0) is 21.7. The molecule has 2 aromatic rings. The van der Waals surface area contributed by atoms with Crippen LogP contribution in [0.3, 0.4) is 0 Å². The van der Waals surface area contributed by atoms with E-state index in [0.717, 1.165) is 17.2 Å². The minimum absolute atomic E-state index is 0.0382. The molecule has 158 valence electrons. The number of anilines is 1. The quantitative estimate of drug-likeness (QED) is 0.402. The molecule has 9 heteroatoms. The summed E-state index contributed by atoms with van der Waals surface area (Å²) in [7, 11) is 0. The molecule has 0 aliphatic heterocycles. The van der Waals surface area contributed by atoms with Gasteiger partial charge in [-0.15, -0.1) is 0 Å². The van der Waals surface area contributed by atoms with E-state index in [9.17, 15) is 24.9 Å². The predicted octanol–water partition coefficient (Wildman–Crippen LogP) is 0.748.